The normalized spacial score (nSPS) is 19.8. The van der Waals surface area contributed by atoms with Crippen molar-refractivity contribution in [3.63, 3.8) is 0 Å². The lowest BCUT2D eigenvalue weighted by molar-refractivity contribution is 0.108. The Balaban J connectivity index is 1.85. The van der Waals surface area contributed by atoms with Crippen LogP contribution in [0.2, 0.25) is 0 Å². The van der Waals surface area contributed by atoms with E-state index >= 15 is 0 Å². The molecule has 2 N–H and O–H groups in total. The van der Waals surface area contributed by atoms with Crippen LogP contribution in [-0.4, -0.2) is 47.1 Å². The average Bonchev–Trinajstić information content (AvgIpc) is 2.49. The number of nitrogens with one attached hydrogen (secondary N) is 2. The van der Waals surface area contributed by atoms with Gasteiger partial charge in [-0.05, 0) is 39.7 Å². The first kappa shape index (κ1) is 15.9. The van der Waals surface area contributed by atoms with Crippen molar-refractivity contribution < 1.29 is 4.39 Å². The highest BCUT2D eigenvalue weighted by Crippen LogP contribution is 2.22. The van der Waals surface area contributed by atoms with E-state index < -0.39 is 5.82 Å². The molecule has 1 aliphatic heterocycles. The molecule has 6 heteroatoms. The van der Waals surface area contributed by atoms with E-state index in [2.05, 4.69) is 39.3 Å². The van der Waals surface area contributed by atoms with Crippen molar-refractivity contribution in [1.29, 1.82) is 0 Å². The number of hydrogen-bond acceptors (Lipinski definition) is 5. The molecule has 1 atom stereocenters. The minimum Gasteiger partial charge on any atom is -0.371 e. The van der Waals surface area contributed by atoms with Gasteiger partial charge in [0, 0.05) is 25.7 Å². The number of nitrogens with zero attached hydrogens (tertiary/aromatic N) is 3. The second-order valence-corrected chi connectivity index (χ2v) is 5.84. The van der Waals surface area contributed by atoms with Gasteiger partial charge in [0.2, 0.25) is 5.95 Å². The van der Waals surface area contributed by atoms with Gasteiger partial charge in [-0.15, -0.1) is 0 Å². The van der Waals surface area contributed by atoms with Gasteiger partial charge in [-0.3, -0.25) is 4.90 Å². The van der Waals surface area contributed by atoms with Gasteiger partial charge in [-0.25, -0.2) is 9.37 Å². The van der Waals surface area contributed by atoms with Gasteiger partial charge in [0.1, 0.15) is 0 Å². The van der Waals surface area contributed by atoms with E-state index in [1.807, 2.05) is 0 Å². The molecule has 1 aromatic rings. The van der Waals surface area contributed by atoms with Crippen LogP contribution in [0.25, 0.3) is 0 Å². The first-order valence-electron chi connectivity index (χ1n) is 7.81. The summed E-state index contributed by atoms with van der Waals surface area (Å²) in [7, 11) is 1.65. The second-order valence-electron chi connectivity index (χ2n) is 5.84. The molecule has 0 radical (unpaired) electrons. The van der Waals surface area contributed by atoms with Gasteiger partial charge in [-0.2, -0.15) is 4.98 Å². The number of halogens is 1. The van der Waals surface area contributed by atoms with Crippen LogP contribution in [0, 0.1) is 5.82 Å². The van der Waals surface area contributed by atoms with Gasteiger partial charge in [-0.1, -0.05) is 6.42 Å². The van der Waals surface area contributed by atoms with Gasteiger partial charge < -0.3 is 10.6 Å². The zero-order valence-corrected chi connectivity index (χ0v) is 13.2. The highest BCUT2D eigenvalue weighted by molar-refractivity contribution is 5.40. The molecule has 21 heavy (non-hydrogen) atoms. The summed E-state index contributed by atoms with van der Waals surface area (Å²) in [6, 6.07) is 1.21. The maximum Gasteiger partial charge on any atom is 0.224 e. The van der Waals surface area contributed by atoms with Gasteiger partial charge in [0.05, 0.1) is 6.20 Å². The Morgan fingerprint density at radius 2 is 2.24 bits per heavy atom. The molecule has 5 nitrogen and oxygen atoms in total. The molecule has 0 spiro atoms. The van der Waals surface area contributed by atoms with Crippen LogP contribution >= 0.6 is 0 Å². The lowest BCUT2D eigenvalue weighted by atomic mass is 9.98. The molecule has 1 aromatic heterocycles. The van der Waals surface area contributed by atoms with E-state index in [0.717, 1.165) is 13.0 Å². The summed E-state index contributed by atoms with van der Waals surface area (Å²) < 4.78 is 13.3. The highest BCUT2D eigenvalue weighted by Gasteiger charge is 2.23. The van der Waals surface area contributed by atoms with Crippen molar-refractivity contribution in [2.45, 2.75) is 51.6 Å². The number of likely N-dealkylation sites (tertiary alicyclic amines) is 1. The Morgan fingerprint density at radius 3 is 2.95 bits per heavy atom. The van der Waals surface area contributed by atoms with Crippen LogP contribution in [-0.2, 0) is 0 Å². The maximum absolute atomic E-state index is 13.3. The molecule has 0 aliphatic carbocycles. The summed E-state index contributed by atoms with van der Waals surface area (Å²) in [4.78, 5) is 10.7. The summed E-state index contributed by atoms with van der Waals surface area (Å²) in [6.07, 6.45) is 6.13. The van der Waals surface area contributed by atoms with Crippen LogP contribution < -0.4 is 10.6 Å². The first-order valence-corrected chi connectivity index (χ1v) is 7.81. The van der Waals surface area contributed by atoms with Gasteiger partial charge in [0.25, 0.3) is 0 Å². The van der Waals surface area contributed by atoms with Crippen LogP contribution in [0.15, 0.2) is 6.20 Å². The van der Waals surface area contributed by atoms with Crippen molar-refractivity contribution in [1.82, 2.24) is 14.9 Å². The fraction of sp³-hybridized carbons (Fsp3) is 0.733. The lowest BCUT2D eigenvalue weighted by Crippen LogP contribution is -2.44. The van der Waals surface area contributed by atoms with Crippen molar-refractivity contribution >= 4 is 11.8 Å². The molecule has 118 valence electrons. The van der Waals surface area contributed by atoms with Gasteiger partial charge >= 0.3 is 0 Å². The minimum absolute atomic E-state index is 0.231. The van der Waals surface area contributed by atoms with E-state index in [4.69, 9.17) is 0 Å². The maximum atomic E-state index is 13.3. The van der Waals surface area contributed by atoms with E-state index in [9.17, 15) is 4.39 Å². The van der Waals surface area contributed by atoms with Crippen molar-refractivity contribution in [2.75, 3.05) is 30.8 Å². The Morgan fingerprint density at radius 1 is 1.43 bits per heavy atom. The van der Waals surface area contributed by atoms with Crippen LogP contribution in [0.4, 0.5) is 16.2 Å². The third-order valence-corrected chi connectivity index (χ3v) is 4.08. The fourth-order valence-corrected chi connectivity index (χ4v) is 2.99. The lowest BCUT2D eigenvalue weighted by Gasteiger charge is -2.38. The van der Waals surface area contributed by atoms with Crippen LogP contribution in [0.3, 0.4) is 0 Å². The Kier molecular flexibility index (Phi) is 5.73. The highest BCUT2D eigenvalue weighted by atomic mass is 19.1. The third-order valence-electron chi connectivity index (χ3n) is 4.08. The van der Waals surface area contributed by atoms with Crippen molar-refractivity contribution in [3.8, 4) is 0 Å². The van der Waals surface area contributed by atoms with E-state index in [1.165, 1.54) is 32.0 Å². The molecule has 1 aliphatic rings. The van der Waals surface area contributed by atoms with Crippen LogP contribution in [0.1, 0.15) is 39.5 Å². The molecule has 0 bridgehead atoms. The smallest absolute Gasteiger partial charge is 0.224 e. The monoisotopic (exact) mass is 295 g/mol. The van der Waals surface area contributed by atoms with Gasteiger partial charge in [0.15, 0.2) is 11.6 Å². The standard InChI is InChI=1S/C15H26FN5/c1-11(2)21-9-5-4-6-12(21)7-8-18-15-19-10-13(16)14(17-3)20-15/h10-12H,4-9H2,1-3H3,(H2,17,18,19,20). The molecule has 1 fully saturated rings. The topological polar surface area (TPSA) is 53.1 Å². The number of anilines is 2. The molecule has 1 unspecified atom stereocenters. The number of piperidine rings is 1. The summed E-state index contributed by atoms with van der Waals surface area (Å²) in [6.45, 7) is 6.52. The van der Waals surface area contributed by atoms with E-state index in [0.29, 0.717) is 18.0 Å². The minimum atomic E-state index is -0.429. The predicted molar refractivity (Wildman–Crippen MR) is 84.1 cm³/mol. The Hall–Kier alpha value is -1.43. The predicted octanol–water partition coefficient (Wildman–Crippen LogP) is 2.72. The summed E-state index contributed by atoms with van der Waals surface area (Å²) in [5.41, 5.74) is 0. The SMILES string of the molecule is CNc1nc(NCCC2CCCCN2C(C)C)ncc1F. The summed E-state index contributed by atoms with van der Waals surface area (Å²) >= 11 is 0. The van der Waals surface area contributed by atoms with E-state index in [1.54, 1.807) is 7.05 Å². The average molecular weight is 295 g/mol. The van der Waals surface area contributed by atoms with Crippen LogP contribution in [0.5, 0.6) is 0 Å². The molecule has 0 aromatic carbocycles. The largest absolute Gasteiger partial charge is 0.371 e. The molecular weight excluding hydrogens is 269 g/mol. The molecule has 0 saturated carbocycles. The summed E-state index contributed by atoms with van der Waals surface area (Å²) in [5, 5.41) is 5.92. The van der Waals surface area contributed by atoms with Crippen molar-refractivity contribution in [2.24, 2.45) is 0 Å². The number of hydrogen-bond donors (Lipinski definition) is 2. The number of rotatable bonds is 6. The second kappa shape index (κ2) is 7.54. The summed E-state index contributed by atoms with van der Waals surface area (Å²) in [5.74, 6) is 0.281. The molecule has 2 rings (SSSR count). The fourth-order valence-electron chi connectivity index (χ4n) is 2.99. The molecule has 2 heterocycles. The Labute approximate surface area is 126 Å². The Bertz CT molecular complexity index is 452. The number of aromatic nitrogens is 2. The quantitative estimate of drug-likeness (QED) is 0.845. The third kappa shape index (κ3) is 4.27. The zero-order valence-electron chi connectivity index (χ0n) is 13.2. The zero-order chi connectivity index (χ0) is 15.2. The van der Waals surface area contributed by atoms with E-state index in [-0.39, 0.29) is 5.82 Å². The first-order chi connectivity index (χ1) is 10.1. The molecular formula is C15H26FN5. The van der Waals surface area contributed by atoms with Crippen molar-refractivity contribution in [3.05, 3.63) is 12.0 Å². The molecule has 0 amide bonds. The molecule has 1 saturated heterocycles.